The quantitative estimate of drug-likeness (QED) is 0.335. The number of halogens is 2. The van der Waals surface area contributed by atoms with Crippen molar-refractivity contribution in [3.8, 4) is 17.0 Å². The molecule has 1 aliphatic rings. The zero-order valence-electron chi connectivity index (χ0n) is 19.2. The third-order valence-electron chi connectivity index (χ3n) is 5.98. The van der Waals surface area contributed by atoms with Crippen molar-refractivity contribution < 1.29 is 23.3 Å². The number of aromatic nitrogens is 4. The van der Waals surface area contributed by atoms with Crippen LogP contribution in [0.5, 0.6) is 5.75 Å². The molecule has 8 nitrogen and oxygen atoms in total. The summed E-state index contributed by atoms with van der Waals surface area (Å²) in [5, 5.41) is 4.46. The lowest BCUT2D eigenvalue weighted by atomic mass is 10.2. The smallest absolute Gasteiger partial charge is 0.150 e. The Morgan fingerprint density at radius 1 is 1.11 bits per heavy atom. The van der Waals surface area contributed by atoms with Crippen LogP contribution in [0.4, 0.5) is 20.3 Å². The fourth-order valence-electron chi connectivity index (χ4n) is 4.22. The van der Waals surface area contributed by atoms with Crippen molar-refractivity contribution in [3.63, 3.8) is 0 Å². The number of rotatable bonds is 8. The standard InChI is InChI=1S/C25H25F2N5O3/c1-33-21-11-18(26)10-20(12-21)31(7-9-35-27)19-5-6-22-23(13-19)30-24(15-28-22)17-14-29-32(16-17)25-4-2-3-8-34-25/h5-6,10-16,25H,2-4,7-9H2,1H3. The van der Waals surface area contributed by atoms with Gasteiger partial charge in [0, 0.05) is 41.9 Å². The minimum Gasteiger partial charge on any atom is -0.497 e. The maximum absolute atomic E-state index is 14.2. The Hall–Kier alpha value is -3.63. The Kier molecular flexibility index (Phi) is 6.82. The van der Waals surface area contributed by atoms with Gasteiger partial charge in [0.1, 0.15) is 24.4 Å². The number of methoxy groups -OCH3 is 1. The van der Waals surface area contributed by atoms with E-state index in [0.717, 1.165) is 31.4 Å². The van der Waals surface area contributed by atoms with Crippen molar-refractivity contribution in [2.24, 2.45) is 0 Å². The third-order valence-corrected chi connectivity index (χ3v) is 5.98. The molecule has 5 rings (SSSR count). The van der Waals surface area contributed by atoms with Gasteiger partial charge < -0.3 is 14.4 Å². The molecular weight excluding hydrogens is 456 g/mol. The highest BCUT2D eigenvalue weighted by atomic mass is 19.3. The molecule has 1 aliphatic heterocycles. The number of benzene rings is 2. The first-order valence-corrected chi connectivity index (χ1v) is 11.4. The van der Waals surface area contributed by atoms with E-state index in [0.29, 0.717) is 33.9 Å². The molecule has 1 saturated heterocycles. The number of anilines is 2. The maximum Gasteiger partial charge on any atom is 0.150 e. The summed E-state index contributed by atoms with van der Waals surface area (Å²) in [7, 11) is 1.46. The highest BCUT2D eigenvalue weighted by molar-refractivity contribution is 5.82. The summed E-state index contributed by atoms with van der Waals surface area (Å²) in [6, 6.07) is 9.79. The fourth-order valence-corrected chi connectivity index (χ4v) is 4.22. The minimum atomic E-state index is -0.465. The molecule has 1 unspecified atom stereocenters. The molecular formula is C25H25F2N5O3. The molecule has 1 fully saturated rings. The first-order valence-electron chi connectivity index (χ1n) is 11.4. The van der Waals surface area contributed by atoms with Crippen LogP contribution >= 0.6 is 0 Å². The van der Waals surface area contributed by atoms with Gasteiger partial charge in [0.15, 0.2) is 0 Å². The molecule has 0 saturated carbocycles. The van der Waals surface area contributed by atoms with Gasteiger partial charge in [0.25, 0.3) is 0 Å². The SMILES string of the molecule is COc1cc(F)cc(N(CCOF)c2ccc3ncc(-c4cnn(C5CCCCO5)c4)nc3c2)c1. The number of hydrogen-bond donors (Lipinski definition) is 0. The summed E-state index contributed by atoms with van der Waals surface area (Å²) in [4.78, 5) is 14.9. The molecule has 182 valence electrons. The lowest BCUT2D eigenvalue weighted by Crippen LogP contribution is -2.21. The highest BCUT2D eigenvalue weighted by Crippen LogP contribution is 2.32. The van der Waals surface area contributed by atoms with Crippen molar-refractivity contribution in [1.29, 1.82) is 0 Å². The summed E-state index contributed by atoms with van der Waals surface area (Å²) in [6.07, 6.45) is 8.42. The molecule has 0 aliphatic carbocycles. The number of nitrogens with zero attached hydrogens (tertiary/aromatic N) is 5. The minimum absolute atomic E-state index is 0.0629. The topological polar surface area (TPSA) is 74.5 Å². The lowest BCUT2D eigenvalue weighted by Gasteiger charge is -2.25. The molecule has 0 bridgehead atoms. The molecule has 35 heavy (non-hydrogen) atoms. The van der Waals surface area contributed by atoms with Gasteiger partial charge in [0.2, 0.25) is 0 Å². The summed E-state index contributed by atoms with van der Waals surface area (Å²) in [5.41, 5.74) is 4.01. The first kappa shape index (κ1) is 23.1. The van der Waals surface area contributed by atoms with E-state index >= 15 is 0 Å². The molecule has 2 aromatic carbocycles. The van der Waals surface area contributed by atoms with Gasteiger partial charge in [-0.15, -0.1) is 0 Å². The average Bonchev–Trinajstić information content (AvgIpc) is 3.39. The summed E-state index contributed by atoms with van der Waals surface area (Å²) in [6.45, 7) is 0.681. The van der Waals surface area contributed by atoms with E-state index in [1.807, 2.05) is 29.1 Å². The Labute approximate surface area is 201 Å². The lowest BCUT2D eigenvalue weighted by molar-refractivity contribution is -0.128. The molecule has 0 amide bonds. The highest BCUT2D eigenvalue weighted by Gasteiger charge is 2.18. The molecule has 4 aromatic rings. The largest absolute Gasteiger partial charge is 0.497 e. The predicted octanol–water partition coefficient (Wildman–Crippen LogP) is 5.38. The molecule has 0 N–H and O–H groups in total. The van der Waals surface area contributed by atoms with E-state index < -0.39 is 5.82 Å². The van der Waals surface area contributed by atoms with Crippen LogP contribution in [0.3, 0.4) is 0 Å². The second kappa shape index (κ2) is 10.3. The summed E-state index contributed by atoms with van der Waals surface area (Å²) < 4.78 is 39.6. The van der Waals surface area contributed by atoms with Gasteiger partial charge in [-0.2, -0.15) is 10.0 Å². The number of fused-ring (bicyclic) bond motifs is 1. The van der Waals surface area contributed by atoms with Crippen molar-refractivity contribution in [1.82, 2.24) is 19.7 Å². The van der Waals surface area contributed by atoms with E-state index in [4.69, 9.17) is 14.5 Å². The first-order chi connectivity index (χ1) is 17.1. The second-order valence-electron chi connectivity index (χ2n) is 8.27. The van der Waals surface area contributed by atoms with Crippen LogP contribution in [0.1, 0.15) is 25.5 Å². The molecule has 0 radical (unpaired) electrons. The molecule has 3 heterocycles. The van der Waals surface area contributed by atoms with Crippen LogP contribution < -0.4 is 9.64 Å². The van der Waals surface area contributed by atoms with Crippen LogP contribution in [-0.4, -0.2) is 46.6 Å². The van der Waals surface area contributed by atoms with Crippen LogP contribution in [0.25, 0.3) is 22.3 Å². The number of ether oxygens (including phenoxy) is 2. The zero-order chi connectivity index (χ0) is 24.2. The van der Waals surface area contributed by atoms with E-state index in [1.54, 1.807) is 23.4 Å². The number of hydrogen-bond acceptors (Lipinski definition) is 7. The van der Waals surface area contributed by atoms with Crippen molar-refractivity contribution in [2.45, 2.75) is 25.5 Å². The van der Waals surface area contributed by atoms with Crippen molar-refractivity contribution >= 4 is 22.4 Å². The van der Waals surface area contributed by atoms with E-state index in [2.05, 4.69) is 15.0 Å². The van der Waals surface area contributed by atoms with E-state index in [1.165, 1.54) is 19.2 Å². The third kappa shape index (κ3) is 5.08. The second-order valence-corrected chi connectivity index (χ2v) is 8.27. The van der Waals surface area contributed by atoms with Gasteiger partial charge >= 0.3 is 0 Å². The van der Waals surface area contributed by atoms with Gasteiger partial charge in [-0.3, -0.25) is 4.98 Å². The van der Waals surface area contributed by atoms with E-state index in [9.17, 15) is 8.92 Å². The van der Waals surface area contributed by atoms with Crippen LogP contribution in [0.2, 0.25) is 0 Å². The maximum atomic E-state index is 14.2. The molecule has 0 spiro atoms. The van der Waals surface area contributed by atoms with Gasteiger partial charge in [-0.1, -0.05) is 0 Å². The summed E-state index contributed by atoms with van der Waals surface area (Å²) in [5.74, 6) is -0.111. The Balaban J connectivity index is 1.49. The Morgan fingerprint density at radius 2 is 2.03 bits per heavy atom. The van der Waals surface area contributed by atoms with Gasteiger partial charge in [0.05, 0.1) is 42.8 Å². The average molecular weight is 482 g/mol. The van der Waals surface area contributed by atoms with Crippen molar-refractivity contribution in [3.05, 3.63) is 60.8 Å². The Morgan fingerprint density at radius 3 is 2.83 bits per heavy atom. The predicted molar refractivity (Wildman–Crippen MR) is 127 cm³/mol. The van der Waals surface area contributed by atoms with Crippen LogP contribution in [0.15, 0.2) is 55.0 Å². The molecule has 2 aromatic heterocycles. The van der Waals surface area contributed by atoms with Crippen LogP contribution in [-0.2, 0) is 9.68 Å². The van der Waals surface area contributed by atoms with Gasteiger partial charge in [-0.25, -0.2) is 14.1 Å². The normalized spacial score (nSPS) is 15.9. The monoisotopic (exact) mass is 481 g/mol. The molecule has 10 heteroatoms. The zero-order valence-corrected chi connectivity index (χ0v) is 19.2. The summed E-state index contributed by atoms with van der Waals surface area (Å²) >= 11 is 0. The Bertz CT molecular complexity index is 1310. The fraction of sp³-hybridized carbons (Fsp3) is 0.320. The van der Waals surface area contributed by atoms with E-state index in [-0.39, 0.29) is 19.4 Å². The van der Waals surface area contributed by atoms with Crippen molar-refractivity contribution in [2.75, 3.05) is 31.8 Å². The van der Waals surface area contributed by atoms with Crippen LogP contribution in [0, 0.1) is 5.82 Å². The van der Waals surface area contributed by atoms with Gasteiger partial charge in [-0.05, 0) is 48.1 Å². The molecule has 1 atom stereocenters.